The Morgan fingerprint density at radius 3 is 2.90 bits per heavy atom. The molecule has 0 aromatic heterocycles. The van der Waals surface area contributed by atoms with Gasteiger partial charge in [-0.1, -0.05) is 15.9 Å². The number of hydrogen-bond acceptors (Lipinski definition) is 3. The zero-order valence-corrected chi connectivity index (χ0v) is 14.7. The first-order chi connectivity index (χ1) is 9.10. The van der Waals surface area contributed by atoms with E-state index in [1.807, 2.05) is 11.0 Å². The van der Waals surface area contributed by atoms with Crippen LogP contribution in [0.4, 0.5) is 0 Å². The standard InChI is InChI=1S/C14H19BrN2OS.ClH/c1-10-6-12(15)2-3-13(10)19-9-14(18)17-5-4-11(7-16)8-17;/h2-3,6,11H,4-5,7-9,16H2,1H3;1H. The summed E-state index contributed by atoms with van der Waals surface area (Å²) in [5.41, 5.74) is 6.85. The Labute approximate surface area is 139 Å². The molecule has 1 atom stereocenters. The number of amides is 1. The van der Waals surface area contributed by atoms with E-state index in [9.17, 15) is 4.79 Å². The zero-order valence-electron chi connectivity index (χ0n) is 11.5. The lowest BCUT2D eigenvalue weighted by atomic mass is 10.1. The topological polar surface area (TPSA) is 46.3 Å². The van der Waals surface area contributed by atoms with E-state index in [1.54, 1.807) is 11.8 Å². The van der Waals surface area contributed by atoms with Gasteiger partial charge in [0.1, 0.15) is 0 Å². The molecule has 2 rings (SSSR count). The van der Waals surface area contributed by atoms with Gasteiger partial charge < -0.3 is 10.6 Å². The first-order valence-electron chi connectivity index (χ1n) is 6.47. The Balaban J connectivity index is 0.00000200. The Morgan fingerprint density at radius 2 is 2.30 bits per heavy atom. The third-order valence-corrected chi connectivity index (χ3v) is 5.11. The van der Waals surface area contributed by atoms with E-state index < -0.39 is 0 Å². The van der Waals surface area contributed by atoms with Crippen molar-refractivity contribution in [3.63, 3.8) is 0 Å². The van der Waals surface area contributed by atoms with Gasteiger partial charge in [0, 0.05) is 22.5 Å². The summed E-state index contributed by atoms with van der Waals surface area (Å²) in [6.07, 6.45) is 1.05. The molecule has 1 aliphatic rings. The molecule has 1 aromatic rings. The molecule has 20 heavy (non-hydrogen) atoms. The van der Waals surface area contributed by atoms with Crippen LogP contribution in [-0.4, -0.2) is 36.2 Å². The van der Waals surface area contributed by atoms with E-state index >= 15 is 0 Å². The Bertz CT molecular complexity index is 472. The summed E-state index contributed by atoms with van der Waals surface area (Å²) in [4.78, 5) is 15.2. The molecule has 2 N–H and O–H groups in total. The molecule has 1 heterocycles. The van der Waals surface area contributed by atoms with Crippen molar-refractivity contribution in [2.24, 2.45) is 11.7 Å². The number of nitrogens with zero attached hydrogens (tertiary/aromatic N) is 1. The maximum absolute atomic E-state index is 12.1. The number of carbonyl (C=O) groups is 1. The molecule has 1 amide bonds. The molecule has 0 radical (unpaired) electrons. The van der Waals surface area contributed by atoms with Crippen molar-refractivity contribution < 1.29 is 4.79 Å². The highest BCUT2D eigenvalue weighted by atomic mass is 79.9. The molecule has 0 saturated carbocycles. The number of hydrogen-bond donors (Lipinski definition) is 1. The quantitative estimate of drug-likeness (QED) is 0.818. The van der Waals surface area contributed by atoms with Crippen molar-refractivity contribution in [2.75, 3.05) is 25.4 Å². The lowest BCUT2D eigenvalue weighted by Crippen LogP contribution is -2.31. The number of nitrogens with two attached hydrogens (primary N) is 1. The van der Waals surface area contributed by atoms with E-state index in [0.29, 0.717) is 18.2 Å². The fourth-order valence-electron chi connectivity index (χ4n) is 2.26. The molecule has 112 valence electrons. The van der Waals surface area contributed by atoms with Gasteiger partial charge in [-0.05, 0) is 49.6 Å². The number of rotatable bonds is 4. The molecule has 0 spiro atoms. The summed E-state index contributed by atoms with van der Waals surface area (Å²) in [5.74, 6) is 1.23. The van der Waals surface area contributed by atoms with Gasteiger partial charge in [-0.2, -0.15) is 0 Å². The lowest BCUT2D eigenvalue weighted by Gasteiger charge is -2.16. The van der Waals surface area contributed by atoms with Gasteiger partial charge in [0.05, 0.1) is 5.75 Å². The molecule has 1 aliphatic heterocycles. The largest absolute Gasteiger partial charge is 0.342 e. The summed E-state index contributed by atoms with van der Waals surface area (Å²) < 4.78 is 1.08. The van der Waals surface area contributed by atoms with Gasteiger partial charge in [-0.15, -0.1) is 24.2 Å². The molecule has 0 aliphatic carbocycles. The zero-order chi connectivity index (χ0) is 13.8. The predicted octanol–water partition coefficient (Wildman–Crippen LogP) is 3.08. The van der Waals surface area contributed by atoms with E-state index in [2.05, 4.69) is 35.0 Å². The van der Waals surface area contributed by atoms with Gasteiger partial charge >= 0.3 is 0 Å². The minimum absolute atomic E-state index is 0. The van der Waals surface area contributed by atoms with Crippen LogP contribution < -0.4 is 5.73 Å². The van der Waals surface area contributed by atoms with Crippen LogP contribution in [0.25, 0.3) is 0 Å². The highest BCUT2D eigenvalue weighted by Crippen LogP contribution is 2.26. The summed E-state index contributed by atoms with van der Waals surface area (Å²) in [7, 11) is 0. The molecule has 1 saturated heterocycles. The number of carbonyl (C=O) groups excluding carboxylic acids is 1. The molecular formula is C14H20BrClN2OS. The van der Waals surface area contributed by atoms with Crippen LogP contribution in [0.15, 0.2) is 27.6 Å². The van der Waals surface area contributed by atoms with Crippen molar-refractivity contribution in [3.05, 3.63) is 28.2 Å². The van der Waals surface area contributed by atoms with Crippen molar-refractivity contribution in [1.82, 2.24) is 4.90 Å². The average molecular weight is 380 g/mol. The maximum atomic E-state index is 12.1. The van der Waals surface area contributed by atoms with Crippen molar-refractivity contribution in [1.29, 1.82) is 0 Å². The van der Waals surface area contributed by atoms with Gasteiger partial charge in [-0.25, -0.2) is 0 Å². The van der Waals surface area contributed by atoms with Crippen LogP contribution in [0.3, 0.4) is 0 Å². The van der Waals surface area contributed by atoms with Crippen LogP contribution in [0.1, 0.15) is 12.0 Å². The average Bonchev–Trinajstić information content (AvgIpc) is 2.86. The Morgan fingerprint density at radius 1 is 1.55 bits per heavy atom. The molecule has 1 fully saturated rings. The normalized spacial score (nSPS) is 17.9. The van der Waals surface area contributed by atoms with Crippen molar-refractivity contribution in [3.8, 4) is 0 Å². The number of thioether (sulfide) groups is 1. The number of likely N-dealkylation sites (tertiary alicyclic amines) is 1. The third kappa shape index (κ3) is 4.65. The fourth-order valence-corrected chi connectivity index (χ4v) is 3.65. The van der Waals surface area contributed by atoms with Crippen LogP contribution in [0.2, 0.25) is 0 Å². The first kappa shape index (κ1) is 17.8. The molecule has 1 unspecified atom stereocenters. The van der Waals surface area contributed by atoms with Gasteiger partial charge in [0.2, 0.25) is 5.91 Å². The van der Waals surface area contributed by atoms with E-state index in [4.69, 9.17) is 5.73 Å². The summed E-state index contributed by atoms with van der Waals surface area (Å²) in [5, 5.41) is 0. The predicted molar refractivity (Wildman–Crippen MR) is 90.6 cm³/mol. The van der Waals surface area contributed by atoms with Gasteiger partial charge in [0.15, 0.2) is 0 Å². The minimum Gasteiger partial charge on any atom is -0.342 e. The highest BCUT2D eigenvalue weighted by molar-refractivity contribution is 9.10. The van der Waals surface area contributed by atoms with Gasteiger partial charge in [0.25, 0.3) is 0 Å². The summed E-state index contributed by atoms with van der Waals surface area (Å²) in [6, 6.07) is 6.15. The van der Waals surface area contributed by atoms with Gasteiger partial charge in [-0.3, -0.25) is 4.79 Å². The number of benzene rings is 1. The van der Waals surface area contributed by atoms with Crippen LogP contribution in [-0.2, 0) is 4.79 Å². The third-order valence-electron chi connectivity index (χ3n) is 3.46. The fraction of sp³-hybridized carbons (Fsp3) is 0.500. The summed E-state index contributed by atoms with van der Waals surface area (Å²) >= 11 is 5.06. The highest BCUT2D eigenvalue weighted by Gasteiger charge is 2.24. The first-order valence-corrected chi connectivity index (χ1v) is 8.25. The van der Waals surface area contributed by atoms with Crippen LogP contribution >= 0.6 is 40.1 Å². The smallest absolute Gasteiger partial charge is 0.232 e. The van der Waals surface area contributed by atoms with E-state index in [-0.39, 0.29) is 18.3 Å². The minimum atomic E-state index is 0. The van der Waals surface area contributed by atoms with E-state index in [0.717, 1.165) is 24.0 Å². The SMILES string of the molecule is Cc1cc(Br)ccc1SCC(=O)N1CCC(CN)C1.Cl. The second-order valence-corrected chi connectivity index (χ2v) is 6.86. The Hall–Kier alpha value is -0.230. The Kier molecular flexibility index (Phi) is 7.37. The monoisotopic (exact) mass is 378 g/mol. The molecular weight excluding hydrogens is 360 g/mol. The molecule has 3 nitrogen and oxygen atoms in total. The second kappa shape index (κ2) is 8.27. The number of aryl methyl sites for hydroxylation is 1. The van der Waals surface area contributed by atoms with E-state index in [1.165, 1.54) is 10.5 Å². The lowest BCUT2D eigenvalue weighted by molar-refractivity contribution is -0.127. The summed E-state index contributed by atoms with van der Waals surface area (Å²) in [6.45, 7) is 4.44. The molecule has 0 bridgehead atoms. The number of halogens is 2. The molecule has 1 aromatic carbocycles. The van der Waals surface area contributed by atoms with Crippen LogP contribution in [0.5, 0.6) is 0 Å². The molecule has 6 heteroatoms. The maximum Gasteiger partial charge on any atom is 0.232 e. The van der Waals surface area contributed by atoms with Crippen molar-refractivity contribution in [2.45, 2.75) is 18.2 Å². The van der Waals surface area contributed by atoms with Crippen LogP contribution in [0, 0.1) is 12.8 Å². The second-order valence-electron chi connectivity index (χ2n) is 4.93. The van der Waals surface area contributed by atoms with Crippen molar-refractivity contribution >= 4 is 46.0 Å².